The first-order valence-corrected chi connectivity index (χ1v) is 18.9. The van der Waals surface area contributed by atoms with Crippen LogP contribution in [0.1, 0.15) is 100 Å². The van der Waals surface area contributed by atoms with Crippen LogP contribution in [0, 0.1) is 36.0 Å². The molecule has 3 amide bonds. The number of nitrogens with one attached hydrogen (secondary N) is 2. The van der Waals surface area contributed by atoms with Crippen LogP contribution in [0.15, 0.2) is 40.7 Å². The molecule has 0 saturated carbocycles. The number of thiazole rings is 1. The van der Waals surface area contributed by atoms with E-state index in [1.807, 2.05) is 51.1 Å². The van der Waals surface area contributed by atoms with Gasteiger partial charge in [0.25, 0.3) is 11.8 Å². The number of piperidine rings is 1. The fraction of sp³-hybridized carbons (Fsp3) is 0.564. The Bertz CT molecular complexity index is 1580. The number of amides is 3. The van der Waals surface area contributed by atoms with Gasteiger partial charge >= 0.3 is 11.9 Å². The summed E-state index contributed by atoms with van der Waals surface area (Å²) in [5.74, 6) is -2.04. The number of hydrogen-bond acceptors (Lipinski definition) is 9. The molecule has 7 unspecified atom stereocenters. The number of hydrogen-bond donors (Lipinski definition) is 3. The molecule has 3 rings (SSSR count). The summed E-state index contributed by atoms with van der Waals surface area (Å²) in [7, 11) is 1.66. The summed E-state index contributed by atoms with van der Waals surface area (Å²) in [5, 5.41) is 17.6. The molecule has 1 fully saturated rings. The van der Waals surface area contributed by atoms with E-state index in [2.05, 4.69) is 26.5 Å². The number of carboxylic acids is 1. The molecule has 0 radical (unpaired) electrons. The lowest BCUT2D eigenvalue weighted by atomic mass is 9.88. The molecule has 0 bridgehead atoms. The molecule has 12 nitrogen and oxygen atoms in total. The van der Waals surface area contributed by atoms with E-state index in [4.69, 9.17) is 11.2 Å². The van der Waals surface area contributed by atoms with E-state index >= 15 is 0 Å². The summed E-state index contributed by atoms with van der Waals surface area (Å²) >= 11 is 1.16. The number of carbonyl (C=O) groups excluding carboxylic acids is 4. The van der Waals surface area contributed by atoms with Crippen LogP contribution in [-0.4, -0.2) is 82.6 Å². The minimum atomic E-state index is -0.955. The minimum absolute atomic E-state index is 0.0960. The fourth-order valence-corrected chi connectivity index (χ4v) is 7.27. The van der Waals surface area contributed by atoms with Gasteiger partial charge in [0.15, 0.2) is 6.10 Å². The molecule has 2 heterocycles. The number of ether oxygens (including phenoxy) is 1. The molecule has 1 aromatic heterocycles. The molecule has 3 N–H and O–H groups in total. The predicted molar refractivity (Wildman–Crippen MR) is 201 cm³/mol. The molecule has 1 saturated heterocycles. The van der Waals surface area contributed by atoms with Crippen LogP contribution in [0.4, 0.5) is 0 Å². The number of aromatic nitrogens is 1. The van der Waals surface area contributed by atoms with Gasteiger partial charge in [-0.2, -0.15) is 0 Å². The van der Waals surface area contributed by atoms with Crippen molar-refractivity contribution in [2.75, 3.05) is 13.6 Å². The zero-order valence-corrected chi connectivity index (χ0v) is 31.9. The van der Waals surface area contributed by atoms with Crippen molar-refractivity contribution < 1.29 is 33.8 Å². The van der Waals surface area contributed by atoms with Crippen LogP contribution in [0.25, 0.3) is 0 Å². The smallest absolute Gasteiger partial charge is 0.306 e. The molecule has 2 aromatic rings. The number of carbonyl (C=O) groups is 5. The molecule has 1 aromatic carbocycles. The van der Waals surface area contributed by atoms with Crippen molar-refractivity contribution in [2.24, 2.45) is 28.7 Å². The maximum absolute atomic E-state index is 14.1. The molecule has 7 atom stereocenters. The highest BCUT2D eigenvalue weighted by atomic mass is 32.1. The normalized spacial score (nSPS) is 18.0. The summed E-state index contributed by atoms with van der Waals surface area (Å²) in [5.41, 5.74) is 1.06. The summed E-state index contributed by atoms with van der Waals surface area (Å²) in [6.45, 7) is 9.41. The van der Waals surface area contributed by atoms with Crippen molar-refractivity contribution in [1.82, 2.24) is 20.5 Å². The summed E-state index contributed by atoms with van der Waals surface area (Å²) in [6.07, 6.45) is 10.3. The maximum atomic E-state index is 14.1. The zero-order chi connectivity index (χ0) is 38.4. The van der Waals surface area contributed by atoms with Gasteiger partial charge in [0.1, 0.15) is 10.7 Å². The van der Waals surface area contributed by atoms with Crippen LogP contribution < -0.4 is 10.6 Å². The maximum Gasteiger partial charge on any atom is 0.306 e. The number of aliphatic carboxylic acids is 1. The third-order valence-corrected chi connectivity index (χ3v) is 10.4. The van der Waals surface area contributed by atoms with Gasteiger partial charge in [0.2, 0.25) is 5.91 Å². The Morgan fingerprint density at radius 2 is 1.88 bits per heavy atom. The van der Waals surface area contributed by atoms with Crippen molar-refractivity contribution in [3.8, 4) is 12.3 Å². The Morgan fingerprint density at radius 3 is 2.46 bits per heavy atom. The number of benzene rings is 1. The van der Waals surface area contributed by atoms with Gasteiger partial charge in [-0.05, 0) is 50.1 Å². The lowest BCUT2D eigenvalue weighted by Gasteiger charge is -2.35. The monoisotopic (exact) mass is 735 g/mol. The van der Waals surface area contributed by atoms with Crippen LogP contribution in [-0.2, 0) is 30.3 Å². The van der Waals surface area contributed by atoms with E-state index in [1.54, 1.807) is 24.3 Å². The first-order chi connectivity index (χ1) is 24.7. The molecule has 52 heavy (non-hydrogen) atoms. The standard InChI is InChI=1S/C39H53N5O7S/c1-8-28(9-2)30(22-41-35(46)31-17-13-14-18-40-31)38(48)44(7)33(24(3)4)21-34(51-26(6)45)37-43-32(23-52-37)36(47)42-29(19-25(5)39(49)50)20-27-15-11-10-12-16-27/h1,10-12,15-16,22-25,28-31,33-34,40H,9,13-14,17-21H2,2-7H3,(H,42,47)(H,49,50). The van der Waals surface area contributed by atoms with E-state index in [1.165, 1.54) is 13.1 Å². The summed E-state index contributed by atoms with van der Waals surface area (Å²) in [4.78, 5) is 74.7. The van der Waals surface area contributed by atoms with E-state index in [-0.39, 0.29) is 42.3 Å². The van der Waals surface area contributed by atoms with Crippen LogP contribution in [0.2, 0.25) is 0 Å². The van der Waals surface area contributed by atoms with Gasteiger partial charge in [-0.1, -0.05) is 64.4 Å². The number of terminal acetylenes is 1. The second-order valence-corrected chi connectivity index (χ2v) is 14.7. The molecular weight excluding hydrogens is 683 g/mol. The van der Waals surface area contributed by atoms with Gasteiger partial charge in [0.05, 0.1) is 17.9 Å². The fourth-order valence-electron chi connectivity index (χ4n) is 6.44. The van der Waals surface area contributed by atoms with Crippen LogP contribution in [0.5, 0.6) is 0 Å². The molecule has 1 aliphatic rings. The summed E-state index contributed by atoms with van der Waals surface area (Å²) < 4.78 is 5.74. The first-order valence-electron chi connectivity index (χ1n) is 18.0. The van der Waals surface area contributed by atoms with Gasteiger partial charge < -0.3 is 25.4 Å². The quantitative estimate of drug-likeness (QED) is 0.107. The van der Waals surface area contributed by atoms with Crippen molar-refractivity contribution in [3.63, 3.8) is 0 Å². The van der Waals surface area contributed by atoms with Gasteiger partial charge in [-0.15, -0.1) is 23.7 Å². The second kappa shape index (κ2) is 20.6. The Hall–Kier alpha value is -4.41. The highest BCUT2D eigenvalue weighted by Crippen LogP contribution is 2.31. The minimum Gasteiger partial charge on any atom is -0.481 e. The zero-order valence-electron chi connectivity index (χ0n) is 31.0. The Balaban J connectivity index is 1.83. The number of carboxylic acid groups (broad SMARTS) is 1. The summed E-state index contributed by atoms with van der Waals surface area (Å²) in [6, 6.07) is 8.18. The van der Waals surface area contributed by atoms with Gasteiger partial charge in [-0.3, -0.25) is 24.0 Å². The van der Waals surface area contributed by atoms with E-state index in [0.29, 0.717) is 24.3 Å². The van der Waals surface area contributed by atoms with Crippen LogP contribution >= 0.6 is 11.3 Å². The van der Waals surface area contributed by atoms with Crippen molar-refractivity contribution >= 4 is 47.2 Å². The third-order valence-electron chi connectivity index (χ3n) is 9.47. The average molecular weight is 736 g/mol. The lowest BCUT2D eigenvalue weighted by Crippen LogP contribution is -2.46. The average Bonchev–Trinajstić information content (AvgIpc) is 3.62. The Kier molecular flexibility index (Phi) is 16.6. The predicted octanol–water partition coefficient (Wildman–Crippen LogP) is 5.09. The lowest BCUT2D eigenvalue weighted by molar-refractivity contribution is -0.148. The van der Waals surface area contributed by atoms with Gasteiger partial charge in [-0.25, -0.2) is 9.98 Å². The number of esters is 1. The third kappa shape index (κ3) is 12.4. The van der Waals surface area contributed by atoms with Crippen molar-refractivity contribution in [2.45, 2.75) is 104 Å². The molecule has 282 valence electrons. The topological polar surface area (TPSA) is 167 Å². The molecular formula is C39H53N5O7S. The van der Waals surface area contributed by atoms with Crippen molar-refractivity contribution in [1.29, 1.82) is 0 Å². The molecule has 0 aliphatic carbocycles. The number of nitrogens with zero attached hydrogens (tertiary/aromatic N) is 3. The second-order valence-electron chi connectivity index (χ2n) is 13.8. The molecule has 13 heteroatoms. The van der Waals surface area contributed by atoms with Crippen LogP contribution in [0.3, 0.4) is 0 Å². The highest BCUT2D eigenvalue weighted by molar-refractivity contribution is 7.09. The molecule has 0 spiro atoms. The SMILES string of the molecule is C#CC(CC)C(C=NC(=O)C1CCCCN1)C(=O)N(C)C(CC(OC(C)=O)c1nc(C(=O)NC(Cc2ccccc2)CC(C)C(=O)O)cs1)C(C)C. The first kappa shape index (κ1) is 42.0. The van der Waals surface area contributed by atoms with E-state index in [0.717, 1.165) is 36.3 Å². The largest absolute Gasteiger partial charge is 0.481 e. The van der Waals surface area contributed by atoms with E-state index < -0.39 is 53.8 Å². The Labute approximate surface area is 311 Å². The highest BCUT2D eigenvalue weighted by Gasteiger charge is 2.35. The van der Waals surface area contributed by atoms with Gasteiger partial charge in [0, 0.05) is 50.0 Å². The number of aliphatic imine (C=N–C) groups is 1. The molecule has 1 aliphatic heterocycles. The van der Waals surface area contributed by atoms with Crippen molar-refractivity contribution in [3.05, 3.63) is 52.0 Å². The Morgan fingerprint density at radius 1 is 1.17 bits per heavy atom. The van der Waals surface area contributed by atoms with E-state index in [9.17, 15) is 29.1 Å². The number of rotatable bonds is 18.